The van der Waals surface area contributed by atoms with E-state index in [1.807, 2.05) is 18.2 Å². The molecule has 7 nitrogen and oxygen atoms in total. The van der Waals surface area contributed by atoms with E-state index in [9.17, 15) is 9.59 Å². The van der Waals surface area contributed by atoms with E-state index >= 15 is 0 Å². The van der Waals surface area contributed by atoms with Crippen LogP contribution >= 0.6 is 46.1 Å². The smallest absolute Gasteiger partial charge is 0.413 e. The van der Waals surface area contributed by atoms with Crippen molar-refractivity contribution in [2.24, 2.45) is 0 Å². The number of halogens is 3. The first-order valence-corrected chi connectivity index (χ1v) is 10.7. The molecule has 30 heavy (non-hydrogen) atoms. The minimum Gasteiger partial charge on any atom is -0.447 e. The molecular weight excluding hydrogens is 471 g/mol. The zero-order valence-electron chi connectivity index (χ0n) is 15.7. The molecule has 1 heterocycles. The van der Waals surface area contributed by atoms with Crippen LogP contribution in [0.4, 0.5) is 14.7 Å². The second kappa shape index (κ2) is 10.2. The second-order valence-corrected chi connectivity index (χ2v) is 8.44. The first-order valence-electron chi connectivity index (χ1n) is 8.75. The van der Waals surface area contributed by atoms with Crippen LogP contribution in [0.15, 0.2) is 36.4 Å². The van der Waals surface area contributed by atoms with Crippen LogP contribution in [0, 0.1) is 0 Å². The fraction of sp³-hybridized carbons (Fsp3) is 0.211. The summed E-state index contributed by atoms with van der Waals surface area (Å²) in [6, 6.07) is 10.3. The summed E-state index contributed by atoms with van der Waals surface area (Å²) in [5, 5.41) is 7.06. The maximum absolute atomic E-state index is 12.1. The molecule has 0 aliphatic heterocycles. The van der Waals surface area contributed by atoms with Gasteiger partial charge in [0, 0.05) is 18.6 Å². The molecule has 2 aromatic carbocycles. The second-order valence-electron chi connectivity index (χ2n) is 6.19. The van der Waals surface area contributed by atoms with E-state index in [-0.39, 0.29) is 19.2 Å². The molecule has 0 aliphatic rings. The van der Waals surface area contributed by atoms with Gasteiger partial charge in [-0.3, -0.25) is 5.32 Å². The van der Waals surface area contributed by atoms with Gasteiger partial charge in [0.1, 0.15) is 6.61 Å². The Balaban J connectivity index is 1.42. The maximum atomic E-state index is 12.1. The molecule has 0 fully saturated rings. The molecule has 3 aromatic rings. The standard InChI is InChI=1S/C19H17Cl3N4O3S/c1-26(18(27)23-10-11-4-2-3-5-12(11)20)6-7-29-19(28)25-17-24-15-8-13(21)14(22)9-16(15)30-17/h2-5,8-9H,6-7,10H2,1H3,(H,23,27)(H,24,25,28). The highest BCUT2D eigenvalue weighted by molar-refractivity contribution is 7.22. The van der Waals surface area contributed by atoms with Gasteiger partial charge < -0.3 is 15.0 Å². The van der Waals surface area contributed by atoms with Crippen LogP contribution in [0.5, 0.6) is 0 Å². The minimum absolute atomic E-state index is 0.0183. The summed E-state index contributed by atoms with van der Waals surface area (Å²) < 4.78 is 5.90. The lowest BCUT2D eigenvalue weighted by atomic mass is 10.2. The van der Waals surface area contributed by atoms with E-state index < -0.39 is 6.09 Å². The lowest BCUT2D eigenvalue weighted by Crippen LogP contribution is -2.39. The third-order valence-electron chi connectivity index (χ3n) is 4.03. The fourth-order valence-corrected chi connectivity index (χ4v) is 3.89. The fourth-order valence-electron chi connectivity index (χ4n) is 2.42. The van der Waals surface area contributed by atoms with Crippen molar-refractivity contribution in [3.63, 3.8) is 0 Å². The van der Waals surface area contributed by atoms with Gasteiger partial charge in [0.05, 0.1) is 26.8 Å². The number of anilines is 1. The molecule has 3 amide bonds. The van der Waals surface area contributed by atoms with Gasteiger partial charge in [-0.05, 0) is 23.8 Å². The molecule has 0 saturated heterocycles. The number of likely N-dealkylation sites (N-methyl/N-ethyl adjacent to an activating group) is 1. The normalized spacial score (nSPS) is 10.7. The van der Waals surface area contributed by atoms with E-state index in [0.29, 0.717) is 32.3 Å². The highest BCUT2D eigenvalue weighted by Crippen LogP contribution is 2.33. The number of hydrogen-bond donors (Lipinski definition) is 2. The van der Waals surface area contributed by atoms with Crippen molar-refractivity contribution in [2.45, 2.75) is 6.54 Å². The van der Waals surface area contributed by atoms with Gasteiger partial charge in [-0.1, -0.05) is 64.3 Å². The summed E-state index contributed by atoms with van der Waals surface area (Å²) in [5.41, 5.74) is 1.44. The number of nitrogens with one attached hydrogen (secondary N) is 2. The molecule has 158 valence electrons. The highest BCUT2D eigenvalue weighted by atomic mass is 35.5. The average Bonchev–Trinajstić information content (AvgIpc) is 3.08. The number of urea groups is 1. The largest absolute Gasteiger partial charge is 0.447 e. The number of hydrogen-bond acceptors (Lipinski definition) is 5. The van der Waals surface area contributed by atoms with Gasteiger partial charge in [0.2, 0.25) is 0 Å². The van der Waals surface area contributed by atoms with E-state index in [4.69, 9.17) is 39.5 Å². The van der Waals surface area contributed by atoms with Crippen LogP contribution in [0.1, 0.15) is 5.56 Å². The van der Waals surface area contributed by atoms with Crippen molar-refractivity contribution in [2.75, 3.05) is 25.5 Å². The summed E-state index contributed by atoms with van der Waals surface area (Å²) in [7, 11) is 1.60. The highest BCUT2D eigenvalue weighted by Gasteiger charge is 2.13. The molecule has 2 N–H and O–H groups in total. The molecule has 0 unspecified atom stereocenters. The number of nitrogens with zero attached hydrogens (tertiary/aromatic N) is 2. The van der Waals surface area contributed by atoms with Crippen LogP contribution in [-0.4, -0.2) is 42.2 Å². The summed E-state index contributed by atoms with van der Waals surface area (Å²) in [6.07, 6.45) is -0.670. The molecule has 1 aromatic heterocycles. The van der Waals surface area contributed by atoms with E-state index in [0.717, 1.165) is 10.3 Å². The summed E-state index contributed by atoms with van der Waals surface area (Å²) in [4.78, 5) is 29.8. The number of amides is 3. The Bertz CT molecular complexity index is 1040. The minimum atomic E-state index is -0.670. The molecule has 0 bridgehead atoms. The Labute approximate surface area is 191 Å². The third kappa shape index (κ3) is 5.89. The molecule has 0 aliphatic carbocycles. The molecule has 0 saturated carbocycles. The van der Waals surface area contributed by atoms with Crippen molar-refractivity contribution >= 4 is 73.6 Å². The molecular formula is C19H17Cl3N4O3S. The summed E-state index contributed by atoms with van der Waals surface area (Å²) in [6.45, 7) is 0.535. The predicted octanol–water partition coefficient (Wildman–Crippen LogP) is 5.65. The quantitative estimate of drug-likeness (QED) is 0.471. The zero-order chi connectivity index (χ0) is 21.7. The van der Waals surface area contributed by atoms with Gasteiger partial charge in [-0.25, -0.2) is 14.6 Å². The lowest BCUT2D eigenvalue weighted by Gasteiger charge is -2.18. The van der Waals surface area contributed by atoms with Crippen molar-refractivity contribution in [1.29, 1.82) is 0 Å². The average molecular weight is 488 g/mol. The van der Waals surface area contributed by atoms with Crippen LogP contribution in [-0.2, 0) is 11.3 Å². The number of rotatable bonds is 6. The number of carbonyl (C=O) groups excluding carboxylic acids is 2. The monoisotopic (exact) mass is 486 g/mol. The number of thiazole rings is 1. The number of ether oxygens (including phenoxy) is 1. The summed E-state index contributed by atoms with van der Waals surface area (Å²) in [5.74, 6) is 0. The Hall–Kier alpha value is -2.26. The summed E-state index contributed by atoms with van der Waals surface area (Å²) >= 11 is 19.3. The van der Waals surface area contributed by atoms with Gasteiger partial charge in [0.15, 0.2) is 5.13 Å². The van der Waals surface area contributed by atoms with Crippen molar-refractivity contribution in [1.82, 2.24) is 15.2 Å². The van der Waals surface area contributed by atoms with Gasteiger partial charge >= 0.3 is 12.1 Å². The van der Waals surface area contributed by atoms with Crippen LogP contribution in [0.2, 0.25) is 15.1 Å². The number of carbonyl (C=O) groups is 2. The maximum Gasteiger partial charge on any atom is 0.413 e. The number of fused-ring (bicyclic) bond motifs is 1. The first-order chi connectivity index (χ1) is 14.3. The van der Waals surface area contributed by atoms with Gasteiger partial charge in [0.25, 0.3) is 0 Å². The van der Waals surface area contributed by atoms with Crippen molar-refractivity contribution < 1.29 is 14.3 Å². The van der Waals surface area contributed by atoms with Crippen LogP contribution < -0.4 is 10.6 Å². The Morgan fingerprint density at radius 3 is 2.63 bits per heavy atom. The molecule has 11 heteroatoms. The number of aromatic nitrogens is 1. The molecule has 3 rings (SSSR count). The number of benzene rings is 2. The SMILES string of the molecule is CN(CCOC(=O)Nc1nc2cc(Cl)c(Cl)cc2s1)C(=O)NCc1ccccc1Cl. The van der Waals surface area contributed by atoms with Crippen molar-refractivity contribution in [3.8, 4) is 0 Å². The molecule has 0 radical (unpaired) electrons. The van der Waals surface area contributed by atoms with E-state index in [2.05, 4.69) is 15.6 Å². The van der Waals surface area contributed by atoms with E-state index in [1.54, 1.807) is 25.2 Å². The van der Waals surface area contributed by atoms with Crippen LogP contribution in [0.3, 0.4) is 0 Å². The van der Waals surface area contributed by atoms with E-state index in [1.165, 1.54) is 16.2 Å². The lowest BCUT2D eigenvalue weighted by molar-refractivity contribution is 0.146. The van der Waals surface area contributed by atoms with Gasteiger partial charge in [-0.2, -0.15) is 0 Å². The Morgan fingerprint density at radius 1 is 1.13 bits per heavy atom. The van der Waals surface area contributed by atoms with Crippen molar-refractivity contribution in [3.05, 3.63) is 57.0 Å². The zero-order valence-corrected chi connectivity index (χ0v) is 18.8. The predicted molar refractivity (Wildman–Crippen MR) is 121 cm³/mol. The Kier molecular flexibility index (Phi) is 7.60. The van der Waals surface area contributed by atoms with Crippen LogP contribution in [0.25, 0.3) is 10.2 Å². The van der Waals surface area contributed by atoms with Gasteiger partial charge in [-0.15, -0.1) is 0 Å². The topological polar surface area (TPSA) is 83.6 Å². The third-order valence-corrected chi connectivity index (χ3v) is 6.06. The molecule has 0 spiro atoms. The molecule has 0 atom stereocenters. The first kappa shape index (κ1) is 22.4. The Morgan fingerprint density at radius 2 is 1.87 bits per heavy atom.